The van der Waals surface area contributed by atoms with Gasteiger partial charge in [0.25, 0.3) is 0 Å². The van der Waals surface area contributed by atoms with Crippen LogP contribution in [0.1, 0.15) is 35.7 Å². The summed E-state index contributed by atoms with van der Waals surface area (Å²) in [6, 6.07) is 21.0. The third-order valence-corrected chi connectivity index (χ3v) is 5.45. The van der Waals surface area contributed by atoms with Crippen molar-refractivity contribution in [1.29, 1.82) is 0 Å². The number of aromatic amines is 1. The molecule has 1 N–H and O–H groups in total. The molecule has 3 heterocycles. The van der Waals surface area contributed by atoms with Gasteiger partial charge in [-0.05, 0) is 30.0 Å². The summed E-state index contributed by atoms with van der Waals surface area (Å²) < 4.78 is 0. The molecule has 1 fully saturated rings. The molecule has 2 bridgehead atoms. The van der Waals surface area contributed by atoms with Crippen molar-refractivity contribution < 1.29 is 0 Å². The van der Waals surface area contributed by atoms with Gasteiger partial charge in [-0.25, -0.2) is 0 Å². The first-order valence-electron chi connectivity index (χ1n) is 8.29. The first-order chi connectivity index (χ1) is 10.9. The van der Waals surface area contributed by atoms with Crippen molar-refractivity contribution in [3.8, 4) is 0 Å². The Kier molecular flexibility index (Phi) is 2.68. The van der Waals surface area contributed by atoms with Crippen molar-refractivity contribution in [2.24, 2.45) is 0 Å². The average molecular weight is 288 g/mol. The molecule has 2 aliphatic heterocycles. The fraction of sp³-hybridized carbons (Fsp3) is 0.300. The summed E-state index contributed by atoms with van der Waals surface area (Å²) in [6.45, 7) is 1.08. The molecule has 2 heteroatoms. The van der Waals surface area contributed by atoms with E-state index in [1.54, 1.807) is 5.56 Å². The van der Waals surface area contributed by atoms with Crippen molar-refractivity contribution in [3.63, 3.8) is 0 Å². The topological polar surface area (TPSA) is 19.0 Å². The lowest BCUT2D eigenvalue weighted by atomic mass is 9.96. The second kappa shape index (κ2) is 4.72. The minimum absolute atomic E-state index is 0.588. The van der Waals surface area contributed by atoms with Crippen LogP contribution in [0.3, 0.4) is 0 Å². The average Bonchev–Trinajstić information content (AvgIpc) is 3.05. The van der Waals surface area contributed by atoms with E-state index in [4.69, 9.17) is 0 Å². The number of aromatic nitrogens is 1. The third kappa shape index (κ3) is 1.77. The smallest absolute Gasteiger partial charge is 0.0459 e. The van der Waals surface area contributed by atoms with E-state index in [2.05, 4.69) is 64.5 Å². The highest BCUT2D eigenvalue weighted by atomic mass is 15.2. The maximum atomic E-state index is 3.67. The van der Waals surface area contributed by atoms with E-state index >= 15 is 0 Å². The van der Waals surface area contributed by atoms with E-state index in [9.17, 15) is 0 Å². The maximum Gasteiger partial charge on any atom is 0.0459 e. The third-order valence-electron chi connectivity index (χ3n) is 5.45. The van der Waals surface area contributed by atoms with Crippen LogP contribution in [0.25, 0.3) is 10.9 Å². The number of H-pyrrole nitrogens is 1. The van der Waals surface area contributed by atoms with Crippen LogP contribution in [0.5, 0.6) is 0 Å². The summed E-state index contributed by atoms with van der Waals surface area (Å²) in [5, 5.41) is 1.43. The Labute approximate surface area is 130 Å². The van der Waals surface area contributed by atoms with E-state index < -0.39 is 0 Å². The Morgan fingerprint density at radius 3 is 2.68 bits per heavy atom. The Balaban J connectivity index is 1.58. The minimum Gasteiger partial charge on any atom is -0.358 e. The highest BCUT2D eigenvalue weighted by Gasteiger charge is 2.41. The molecule has 2 nitrogen and oxygen atoms in total. The summed E-state index contributed by atoms with van der Waals surface area (Å²) in [7, 11) is 0. The largest absolute Gasteiger partial charge is 0.358 e. The van der Waals surface area contributed by atoms with Gasteiger partial charge in [0.15, 0.2) is 0 Å². The summed E-state index contributed by atoms with van der Waals surface area (Å²) in [4.78, 5) is 6.41. The molecule has 0 aliphatic carbocycles. The zero-order chi connectivity index (χ0) is 14.5. The zero-order valence-electron chi connectivity index (χ0n) is 12.6. The van der Waals surface area contributed by atoms with E-state index in [1.807, 2.05) is 0 Å². The summed E-state index contributed by atoms with van der Waals surface area (Å²) >= 11 is 0. The van der Waals surface area contributed by atoms with Gasteiger partial charge in [0.1, 0.15) is 0 Å². The number of nitrogens with zero attached hydrogens (tertiary/aromatic N) is 1. The fourth-order valence-electron chi connectivity index (χ4n) is 4.50. The lowest BCUT2D eigenvalue weighted by Crippen LogP contribution is -2.36. The van der Waals surface area contributed by atoms with Crippen LogP contribution in [0, 0.1) is 0 Å². The van der Waals surface area contributed by atoms with Gasteiger partial charge >= 0.3 is 0 Å². The summed E-state index contributed by atoms with van der Waals surface area (Å²) in [6.07, 6.45) is 3.80. The van der Waals surface area contributed by atoms with Gasteiger partial charge in [0, 0.05) is 41.6 Å². The SMILES string of the molecule is c1ccc(CN2[C@H]3CC[C@H]2c2c([nH]c4ccccc24)C3)cc1. The molecule has 1 saturated heterocycles. The molecule has 0 amide bonds. The van der Waals surface area contributed by atoms with Gasteiger partial charge < -0.3 is 4.98 Å². The van der Waals surface area contributed by atoms with Crippen LogP contribution in [-0.4, -0.2) is 15.9 Å². The van der Waals surface area contributed by atoms with Crippen molar-refractivity contribution in [2.75, 3.05) is 0 Å². The molecule has 2 aliphatic rings. The molecule has 2 aromatic carbocycles. The van der Waals surface area contributed by atoms with Crippen molar-refractivity contribution in [3.05, 3.63) is 71.4 Å². The molecule has 2 atom stereocenters. The number of benzene rings is 2. The maximum absolute atomic E-state index is 3.67. The van der Waals surface area contributed by atoms with Gasteiger partial charge in [-0.3, -0.25) is 4.90 Å². The molecule has 1 aromatic heterocycles. The van der Waals surface area contributed by atoms with Gasteiger partial charge in [-0.1, -0.05) is 48.5 Å². The van der Waals surface area contributed by atoms with E-state index in [-0.39, 0.29) is 0 Å². The highest BCUT2D eigenvalue weighted by molar-refractivity contribution is 5.85. The molecular weight excluding hydrogens is 268 g/mol. The summed E-state index contributed by atoms with van der Waals surface area (Å²) in [5.41, 5.74) is 5.79. The fourth-order valence-corrected chi connectivity index (χ4v) is 4.50. The van der Waals surface area contributed by atoms with Crippen LogP contribution < -0.4 is 0 Å². The second-order valence-corrected chi connectivity index (χ2v) is 6.67. The van der Waals surface area contributed by atoms with Crippen LogP contribution in [-0.2, 0) is 13.0 Å². The Bertz CT molecular complexity index is 818. The van der Waals surface area contributed by atoms with E-state index in [1.165, 1.54) is 41.4 Å². The van der Waals surface area contributed by atoms with Crippen LogP contribution in [0.4, 0.5) is 0 Å². The Morgan fingerprint density at radius 2 is 1.77 bits per heavy atom. The molecule has 0 unspecified atom stereocenters. The first kappa shape index (κ1) is 12.5. The predicted octanol–water partition coefficient (Wildman–Crippen LogP) is 4.43. The van der Waals surface area contributed by atoms with Gasteiger partial charge in [0.05, 0.1) is 0 Å². The number of para-hydroxylation sites is 1. The molecular formula is C20H20N2. The molecule has 3 aromatic rings. The highest BCUT2D eigenvalue weighted by Crippen LogP contribution is 2.47. The van der Waals surface area contributed by atoms with Gasteiger partial charge in [0.2, 0.25) is 0 Å². The lowest BCUT2D eigenvalue weighted by Gasteiger charge is -2.35. The quantitative estimate of drug-likeness (QED) is 0.739. The monoisotopic (exact) mass is 288 g/mol. The number of nitrogens with one attached hydrogen (secondary N) is 1. The molecule has 0 saturated carbocycles. The Morgan fingerprint density at radius 1 is 0.955 bits per heavy atom. The standard InChI is InChI=1S/C20H20N2/c1-2-6-14(7-3-1)13-22-15-10-11-19(22)20-16-8-4-5-9-17(16)21-18(20)12-15/h1-9,15,19,21H,10-13H2/t15-,19-/m0/s1. The van der Waals surface area contributed by atoms with E-state index in [0.29, 0.717) is 12.1 Å². The van der Waals surface area contributed by atoms with Crippen LogP contribution in [0.15, 0.2) is 54.6 Å². The normalized spacial score (nSPS) is 23.8. The van der Waals surface area contributed by atoms with E-state index in [0.717, 1.165) is 6.54 Å². The number of hydrogen-bond acceptors (Lipinski definition) is 1. The van der Waals surface area contributed by atoms with Crippen molar-refractivity contribution >= 4 is 10.9 Å². The predicted molar refractivity (Wildman–Crippen MR) is 89.8 cm³/mol. The van der Waals surface area contributed by atoms with Crippen LogP contribution in [0.2, 0.25) is 0 Å². The molecule has 110 valence electrons. The van der Waals surface area contributed by atoms with Gasteiger partial charge in [-0.2, -0.15) is 0 Å². The molecule has 5 rings (SSSR count). The number of fused-ring (bicyclic) bond motifs is 6. The van der Waals surface area contributed by atoms with Crippen molar-refractivity contribution in [2.45, 2.75) is 37.9 Å². The number of rotatable bonds is 2. The number of hydrogen-bond donors (Lipinski definition) is 1. The Hall–Kier alpha value is -2.06. The minimum atomic E-state index is 0.588. The molecule has 22 heavy (non-hydrogen) atoms. The molecule has 0 spiro atoms. The second-order valence-electron chi connectivity index (χ2n) is 6.67. The van der Waals surface area contributed by atoms with Gasteiger partial charge in [-0.15, -0.1) is 0 Å². The molecule has 0 radical (unpaired) electrons. The van der Waals surface area contributed by atoms with Crippen molar-refractivity contribution in [1.82, 2.24) is 9.88 Å². The zero-order valence-corrected chi connectivity index (χ0v) is 12.6. The van der Waals surface area contributed by atoms with Crippen LogP contribution >= 0.6 is 0 Å². The first-order valence-corrected chi connectivity index (χ1v) is 8.29. The summed E-state index contributed by atoms with van der Waals surface area (Å²) in [5.74, 6) is 0. The lowest BCUT2D eigenvalue weighted by molar-refractivity contribution is 0.168.